The molecule has 1 saturated heterocycles. The standard InChI is InChI=1S/C16H21BrN2O/c1-12-6-5-7-13(2)19(12)16(20)18-11-10-14-8-3-4-9-15(14)17/h3-4,8-13H,5-7H2,1-2H3,(H,18,20)/b11-10+. The van der Waals surface area contributed by atoms with Crippen LogP contribution in [0.3, 0.4) is 0 Å². The molecule has 0 radical (unpaired) electrons. The summed E-state index contributed by atoms with van der Waals surface area (Å²) in [5.74, 6) is 0. The zero-order valence-electron chi connectivity index (χ0n) is 12.0. The van der Waals surface area contributed by atoms with Crippen LogP contribution in [-0.4, -0.2) is 23.0 Å². The second-order valence-corrected chi connectivity index (χ2v) is 6.19. The van der Waals surface area contributed by atoms with Crippen molar-refractivity contribution in [1.82, 2.24) is 10.2 Å². The van der Waals surface area contributed by atoms with Crippen molar-refractivity contribution >= 4 is 28.0 Å². The number of carbonyl (C=O) groups is 1. The maximum atomic E-state index is 12.2. The van der Waals surface area contributed by atoms with Crippen molar-refractivity contribution in [3.05, 3.63) is 40.5 Å². The molecule has 3 nitrogen and oxygen atoms in total. The Labute approximate surface area is 129 Å². The fourth-order valence-electron chi connectivity index (χ4n) is 2.71. The molecule has 1 aromatic rings. The van der Waals surface area contributed by atoms with Crippen LogP contribution in [0.4, 0.5) is 4.79 Å². The fourth-order valence-corrected chi connectivity index (χ4v) is 3.13. The number of urea groups is 1. The van der Waals surface area contributed by atoms with Gasteiger partial charge in [0.1, 0.15) is 0 Å². The smallest absolute Gasteiger partial charge is 0.319 e. The van der Waals surface area contributed by atoms with Crippen LogP contribution in [0, 0.1) is 0 Å². The monoisotopic (exact) mass is 336 g/mol. The van der Waals surface area contributed by atoms with Crippen LogP contribution in [0.15, 0.2) is 34.9 Å². The van der Waals surface area contributed by atoms with Gasteiger partial charge in [-0.3, -0.25) is 0 Å². The molecule has 2 unspecified atom stereocenters. The highest BCUT2D eigenvalue weighted by Gasteiger charge is 2.28. The molecule has 0 aromatic heterocycles. The lowest BCUT2D eigenvalue weighted by Gasteiger charge is -2.38. The molecule has 0 aliphatic carbocycles. The normalized spacial score (nSPS) is 23.1. The van der Waals surface area contributed by atoms with Gasteiger partial charge in [0, 0.05) is 22.8 Å². The van der Waals surface area contributed by atoms with Gasteiger partial charge in [-0.25, -0.2) is 4.79 Å². The summed E-state index contributed by atoms with van der Waals surface area (Å²) >= 11 is 3.48. The summed E-state index contributed by atoms with van der Waals surface area (Å²) in [6, 6.07) is 8.55. The Balaban J connectivity index is 1.96. The first kappa shape index (κ1) is 15.1. The van der Waals surface area contributed by atoms with Crippen LogP contribution in [0.25, 0.3) is 6.08 Å². The van der Waals surface area contributed by atoms with Crippen LogP contribution >= 0.6 is 15.9 Å². The first-order valence-electron chi connectivity index (χ1n) is 7.09. The molecule has 1 aliphatic heterocycles. The quantitative estimate of drug-likeness (QED) is 0.853. The van der Waals surface area contributed by atoms with Crippen LogP contribution in [0.5, 0.6) is 0 Å². The van der Waals surface area contributed by atoms with Crippen molar-refractivity contribution < 1.29 is 4.79 Å². The third-order valence-corrected chi connectivity index (χ3v) is 4.53. The lowest BCUT2D eigenvalue weighted by molar-refractivity contribution is 0.126. The Bertz CT molecular complexity index is 491. The van der Waals surface area contributed by atoms with E-state index >= 15 is 0 Å². The van der Waals surface area contributed by atoms with Gasteiger partial charge in [0.25, 0.3) is 0 Å². The molecule has 1 aromatic carbocycles. The molecule has 1 fully saturated rings. The summed E-state index contributed by atoms with van der Waals surface area (Å²) in [5, 5.41) is 2.87. The van der Waals surface area contributed by atoms with Gasteiger partial charge in [0.15, 0.2) is 0 Å². The number of amides is 2. The lowest BCUT2D eigenvalue weighted by atomic mass is 9.98. The SMILES string of the molecule is CC1CCCC(C)N1C(=O)N/C=C/c1ccccc1Br. The van der Waals surface area contributed by atoms with Crippen molar-refractivity contribution in [3.63, 3.8) is 0 Å². The van der Waals surface area contributed by atoms with E-state index in [-0.39, 0.29) is 6.03 Å². The summed E-state index contributed by atoms with van der Waals surface area (Å²) in [6.07, 6.45) is 7.01. The number of nitrogens with zero attached hydrogens (tertiary/aromatic N) is 1. The summed E-state index contributed by atoms with van der Waals surface area (Å²) in [4.78, 5) is 14.2. The number of hydrogen-bond donors (Lipinski definition) is 1. The van der Waals surface area contributed by atoms with Crippen molar-refractivity contribution in [2.24, 2.45) is 0 Å². The molecule has 0 saturated carbocycles. The van der Waals surface area contributed by atoms with E-state index in [9.17, 15) is 4.79 Å². The zero-order valence-corrected chi connectivity index (χ0v) is 13.6. The molecule has 1 N–H and O–H groups in total. The third-order valence-electron chi connectivity index (χ3n) is 3.80. The largest absolute Gasteiger partial charge is 0.321 e. The minimum atomic E-state index is -0.00648. The highest BCUT2D eigenvalue weighted by Crippen LogP contribution is 2.22. The van der Waals surface area contributed by atoms with Gasteiger partial charge in [0.05, 0.1) is 0 Å². The maximum absolute atomic E-state index is 12.2. The van der Waals surface area contributed by atoms with Crippen molar-refractivity contribution in [3.8, 4) is 0 Å². The van der Waals surface area contributed by atoms with Crippen molar-refractivity contribution in [2.75, 3.05) is 0 Å². The van der Waals surface area contributed by atoms with E-state index in [1.165, 1.54) is 6.42 Å². The van der Waals surface area contributed by atoms with Gasteiger partial charge in [-0.05, 0) is 50.8 Å². The predicted molar refractivity (Wildman–Crippen MR) is 86.3 cm³/mol. The summed E-state index contributed by atoms with van der Waals surface area (Å²) < 4.78 is 1.02. The number of piperidine rings is 1. The van der Waals surface area contributed by atoms with Crippen LogP contribution in [0.2, 0.25) is 0 Å². The van der Waals surface area contributed by atoms with E-state index < -0.39 is 0 Å². The molecule has 2 rings (SSSR count). The van der Waals surface area contributed by atoms with E-state index in [2.05, 4.69) is 35.1 Å². The Morgan fingerprint density at radius 2 is 1.95 bits per heavy atom. The number of rotatable bonds is 2. The lowest BCUT2D eigenvalue weighted by Crippen LogP contribution is -2.50. The van der Waals surface area contributed by atoms with Crippen molar-refractivity contribution in [2.45, 2.75) is 45.2 Å². The first-order valence-corrected chi connectivity index (χ1v) is 7.89. The van der Waals surface area contributed by atoms with E-state index in [0.29, 0.717) is 12.1 Å². The third kappa shape index (κ3) is 3.63. The molecule has 4 heteroatoms. The highest BCUT2D eigenvalue weighted by molar-refractivity contribution is 9.10. The predicted octanol–water partition coefficient (Wildman–Crippen LogP) is 4.39. The minimum absolute atomic E-state index is 0.00648. The van der Waals surface area contributed by atoms with Crippen molar-refractivity contribution in [1.29, 1.82) is 0 Å². The number of likely N-dealkylation sites (tertiary alicyclic amines) is 1. The van der Waals surface area contributed by atoms with Crippen LogP contribution < -0.4 is 5.32 Å². The maximum Gasteiger partial charge on any atom is 0.321 e. The second-order valence-electron chi connectivity index (χ2n) is 5.34. The zero-order chi connectivity index (χ0) is 14.5. The molecule has 108 valence electrons. The van der Waals surface area contributed by atoms with E-state index in [1.807, 2.05) is 35.2 Å². The van der Waals surface area contributed by atoms with Crippen LogP contribution in [-0.2, 0) is 0 Å². The molecule has 1 heterocycles. The molecule has 20 heavy (non-hydrogen) atoms. The Hall–Kier alpha value is -1.29. The summed E-state index contributed by atoms with van der Waals surface area (Å²) in [7, 11) is 0. The molecular formula is C16H21BrN2O. The molecule has 1 aliphatic rings. The minimum Gasteiger partial charge on any atom is -0.319 e. The highest BCUT2D eigenvalue weighted by atomic mass is 79.9. The Kier molecular flexibility index (Phi) is 5.24. The number of nitrogens with one attached hydrogen (secondary N) is 1. The van der Waals surface area contributed by atoms with Gasteiger partial charge in [0.2, 0.25) is 0 Å². The molecule has 2 amide bonds. The van der Waals surface area contributed by atoms with Gasteiger partial charge in [-0.2, -0.15) is 0 Å². The Morgan fingerprint density at radius 3 is 2.60 bits per heavy atom. The first-order chi connectivity index (χ1) is 9.59. The summed E-state index contributed by atoms with van der Waals surface area (Å²) in [6.45, 7) is 4.24. The molecule has 0 bridgehead atoms. The number of hydrogen-bond acceptors (Lipinski definition) is 1. The van der Waals surface area contributed by atoms with E-state index in [4.69, 9.17) is 0 Å². The topological polar surface area (TPSA) is 32.3 Å². The van der Waals surface area contributed by atoms with Gasteiger partial charge < -0.3 is 10.2 Å². The van der Waals surface area contributed by atoms with E-state index in [1.54, 1.807) is 6.20 Å². The average molecular weight is 337 g/mol. The number of halogens is 1. The van der Waals surface area contributed by atoms with Gasteiger partial charge in [-0.15, -0.1) is 0 Å². The fraction of sp³-hybridized carbons (Fsp3) is 0.438. The van der Waals surface area contributed by atoms with E-state index in [0.717, 1.165) is 22.9 Å². The van der Waals surface area contributed by atoms with Gasteiger partial charge in [-0.1, -0.05) is 34.1 Å². The molecular weight excluding hydrogens is 316 g/mol. The molecule has 0 spiro atoms. The van der Waals surface area contributed by atoms with Crippen LogP contribution in [0.1, 0.15) is 38.7 Å². The number of benzene rings is 1. The number of carbonyl (C=O) groups excluding carboxylic acids is 1. The second kappa shape index (κ2) is 6.93. The molecule has 2 atom stereocenters. The average Bonchev–Trinajstić information content (AvgIpc) is 2.41. The van der Waals surface area contributed by atoms with Gasteiger partial charge >= 0.3 is 6.03 Å². The summed E-state index contributed by atoms with van der Waals surface area (Å²) in [5.41, 5.74) is 1.05. The Morgan fingerprint density at radius 1 is 1.30 bits per heavy atom.